The van der Waals surface area contributed by atoms with Crippen LogP contribution in [0.5, 0.6) is 0 Å². The van der Waals surface area contributed by atoms with Crippen LogP contribution in [0.2, 0.25) is 0 Å². The van der Waals surface area contributed by atoms with Gasteiger partial charge in [-0.1, -0.05) is 24.3 Å². The fourth-order valence-corrected chi connectivity index (χ4v) is 1.47. The molecule has 0 radical (unpaired) electrons. The van der Waals surface area contributed by atoms with Gasteiger partial charge in [0.25, 0.3) is 0 Å². The minimum Gasteiger partial charge on any atom is -0.480 e. The van der Waals surface area contributed by atoms with Gasteiger partial charge in [-0.05, 0) is 18.1 Å². The lowest BCUT2D eigenvalue weighted by molar-refractivity contribution is -0.142. The first-order valence-corrected chi connectivity index (χ1v) is 5.70. The van der Waals surface area contributed by atoms with Crippen molar-refractivity contribution in [1.29, 1.82) is 0 Å². The minimum atomic E-state index is -1.01. The van der Waals surface area contributed by atoms with Crippen molar-refractivity contribution >= 4 is 11.9 Å². The molecule has 0 heterocycles. The first kappa shape index (κ1) is 14.2. The number of carboxylic acids is 1. The van der Waals surface area contributed by atoms with E-state index in [9.17, 15) is 9.59 Å². The Balaban J connectivity index is 2.22. The highest BCUT2D eigenvalue weighted by Crippen LogP contribution is 2.07. The second-order valence-corrected chi connectivity index (χ2v) is 3.90. The summed E-state index contributed by atoms with van der Waals surface area (Å²) in [7, 11) is 0. The van der Waals surface area contributed by atoms with Crippen molar-refractivity contribution in [3.8, 4) is 0 Å². The van der Waals surface area contributed by atoms with Crippen molar-refractivity contribution in [2.45, 2.75) is 13.3 Å². The van der Waals surface area contributed by atoms with E-state index in [1.54, 1.807) is 0 Å². The van der Waals surface area contributed by atoms with E-state index in [4.69, 9.17) is 9.84 Å². The summed E-state index contributed by atoms with van der Waals surface area (Å²) >= 11 is 0. The first-order chi connectivity index (χ1) is 8.59. The van der Waals surface area contributed by atoms with Gasteiger partial charge in [0.15, 0.2) is 0 Å². The number of hydrogen-bond acceptors (Lipinski definition) is 3. The molecule has 0 saturated carbocycles. The molecule has 98 valence electrons. The van der Waals surface area contributed by atoms with Gasteiger partial charge in [-0.15, -0.1) is 0 Å². The van der Waals surface area contributed by atoms with Crippen molar-refractivity contribution in [2.24, 2.45) is 0 Å². The average Bonchev–Trinajstić information content (AvgIpc) is 2.31. The quantitative estimate of drug-likeness (QED) is 0.701. The smallest absolute Gasteiger partial charge is 0.329 e. The van der Waals surface area contributed by atoms with E-state index < -0.39 is 5.97 Å². The normalized spacial score (nSPS) is 10.1. The molecule has 5 heteroatoms. The zero-order valence-electron chi connectivity index (χ0n) is 10.3. The van der Waals surface area contributed by atoms with Gasteiger partial charge < -0.3 is 15.2 Å². The van der Waals surface area contributed by atoms with E-state index in [0.29, 0.717) is 13.0 Å². The summed E-state index contributed by atoms with van der Waals surface area (Å²) in [6.45, 7) is 2.13. The largest absolute Gasteiger partial charge is 0.480 e. The molecule has 0 aliphatic rings. The third-order valence-electron chi connectivity index (χ3n) is 2.41. The van der Waals surface area contributed by atoms with E-state index in [2.05, 4.69) is 5.32 Å². The van der Waals surface area contributed by atoms with E-state index in [1.165, 1.54) is 0 Å². The molecule has 1 amide bonds. The van der Waals surface area contributed by atoms with Crippen LogP contribution in [0.4, 0.5) is 0 Å². The van der Waals surface area contributed by atoms with Gasteiger partial charge in [-0.3, -0.25) is 4.79 Å². The lowest BCUT2D eigenvalue weighted by Crippen LogP contribution is -2.29. The maximum absolute atomic E-state index is 11.6. The summed E-state index contributed by atoms with van der Waals surface area (Å²) in [5, 5.41) is 11.0. The molecule has 0 fully saturated rings. The number of benzene rings is 1. The summed E-state index contributed by atoms with van der Waals surface area (Å²) in [4.78, 5) is 21.7. The Morgan fingerprint density at radius 1 is 1.33 bits per heavy atom. The number of aliphatic carboxylic acids is 1. The number of rotatable bonds is 7. The highest BCUT2D eigenvalue weighted by molar-refractivity contribution is 5.78. The maximum Gasteiger partial charge on any atom is 0.329 e. The molecule has 0 bridgehead atoms. The zero-order chi connectivity index (χ0) is 13.4. The van der Waals surface area contributed by atoms with E-state index in [-0.39, 0.29) is 19.1 Å². The van der Waals surface area contributed by atoms with Gasteiger partial charge in [-0.25, -0.2) is 4.79 Å². The number of carbonyl (C=O) groups excluding carboxylic acids is 1. The minimum absolute atomic E-state index is 0.0942. The van der Waals surface area contributed by atoms with Gasteiger partial charge in [-0.2, -0.15) is 0 Å². The molecule has 0 aliphatic heterocycles. The van der Waals surface area contributed by atoms with Crippen LogP contribution in [0.1, 0.15) is 11.1 Å². The summed E-state index contributed by atoms with van der Waals surface area (Å²) in [5.41, 5.74) is 2.07. The molecule has 0 aromatic heterocycles. The van der Waals surface area contributed by atoms with E-state index >= 15 is 0 Å². The van der Waals surface area contributed by atoms with Crippen molar-refractivity contribution in [1.82, 2.24) is 5.32 Å². The molecular formula is C13H17NO4. The topological polar surface area (TPSA) is 75.6 Å². The Morgan fingerprint density at radius 2 is 2.06 bits per heavy atom. The van der Waals surface area contributed by atoms with Gasteiger partial charge >= 0.3 is 5.97 Å². The fraction of sp³-hybridized carbons (Fsp3) is 0.385. The van der Waals surface area contributed by atoms with Crippen LogP contribution in [0.25, 0.3) is 0 Å². The third-order valence-corrected chi connectivity index (χ3v) is 2.41. The SMILES string of the molecule is Cc1ccccc1CC(=O)NCCOCC(=O)O. The Labute approximate surface area is 106 Å². The van der Waals surface area contributed by atoms with Crippen molar-refractivity contribution < 1.29 is 19.4 Å². The number of carbonyl (C=O) groups is 2. The monoisotopic (exact) mass is 251 g/mol. The van der Waals surface area contributed by atoms with Gasteiger partial charge in [0, 0.05) is 6.54 Å². The molecule has 18 heavy (non-hydrogen) atoms. The molecule has 0 saturated heterocycles. The van der Waals surface area contributed by atoms with Crippen molar-refractivity contribution in [3.05, 3.63) is 35.4 Å². The number of aryl methyl sites for hydroxylation is 1. The van der Waals surface area contributed by atoms with Crippen LogP contribution in [0, 0.1) is 6.92 Å². The molecule has 2 N–H and O–H groups in total. The Bertz CT molecular complexity index is 417. The second-order valence-electron chi connectivity index (χ2n) is 3.90. The maximum atomic E-state index is 11.6. The number of amides is 1. The van der Waals surface area contributed by atoms with Gasteiger partial charge in [0.05, 0.1) is 13.0 Å². The van der Waals surface area contributed by atoms with Crippen LogP contribution in [0.3, 0.4) is 0 Å². The van der Waals surface area contributed by atoms with Gasteiger partial charge in [0.2, 0.25) is 5.91 Å². The molecule has 1 aromatic carbocycles. The van der Waals surface area contributed by atoms with Gasteiger partial charge in [0.1, 0.15) is 6.61 Å². The summed E-state index contributed by atoms with van der Waals surface area (Å²) in [6.07, 6.45) is 0.325. The third kappa shape index (κ3) is 5.45. The van der Waals surface area contributed by atoms with Crippen LogP contribution in [-0.2, 0) is 20.7 Å². The lowest BCUT2D eigenvalue weighted by Gasteiger charge is -2.07. The molecule has 1 aromatic rings. The molecule has 5 nitrogen and oxygen atoms in total. The Morgan fingerprint density at radius 3 is 2.72 bits per heavy atom. The highest BCUT2D eigenvalue weighted by Gasteiger charge is 2.04. The molecule has 1 rings (SSSR count). The lowest BCUT2D eigenvalue weighted by atomic mass is 10.1. The van der Waals surface area contributed by atoms with E-state index in [1.807, 2.05) is 31.2 Å². The zero-order valence-corrected chi connectivity index (χ0v) is 10.3. The van der Waals surface area contributed by atoms with Crippen LogP contribution >= 0.6 is 0 Å². The molecule has 0 atom stereocenters. The standard InChI is InChI=1S/C13H17NO4/c1-10-4-2-3-5-11(10)8-12(15)14-6-7-18-9-13(16)17/h2-5H,6-9H2,1H3,(H,14,15)(H,16,17). The first-order valence-electron chi connectivity index (χ1n) is 5.70. The molecule has 0 aliphatic carbocycles. The fourth-order valence-electron chi connectivity index (χ4n) is 1.47. The number of ether oxygens (including phenoxy) is 1. The highest BCUT2D eigenvalue weighted by atomic mass is 16.5. The van der Waals surface area contributed by atoms with Crippen LogP contribution in [-0.4, -0.2) is 36.7 Å². The number of hydrogen-bond donors (Lipinski definition) is 2. The predicted molar refractivity (Wildman–Crippen MR) is 66.3 cm³/mol. The summed E-state index contributed by atoms with van der Waals surface area (Å²) < 4.78 is 4.81. The number of carboxylic acid groups (broad SMARTS) is 1. The van der Waals surface area contributed by atoms with Crippen molar-refractivity contribution in [3.63, 3.8) is 0 Å². The predicted octanol–water partition coefficient (Wildman–Crippen LogP) is 0.755. The van der Waals surface area contributed by atoms with Crippen LogP contribution in [0.15, 0.2) is 24.3 Å². The summed E-state index contributed by atoms with van der Waals surface area (Å²) in [5.74, 6) is -1.11. The molecule has 0 unspecified atom stereocenters. The Hall–Kier alpha value is -1.88. The van der Waals surface area contributed by atoms with Crippen LogP contribution < -0.4 is 5.32 Å². The molecule has 0 spiro atoms. The Kier molecular flexibility index (Phi) is 5.87. The van der Waals surface area contributed by atoms with Crippen molar-refractivity contribution in [2.75, 3.05) is 19.8 Å². The second kappa shape index (κ2) is 7.45. The van der Waals surface area contributed by atoms with E-state index in [0.717, 1.165) is 11.1 Å². The average molecular weight is 251 g/mol. The number of nitrogens with one attached hydrogen (secondary N) is 1. The summed E-state index contributed by atoms with van der Waals surface area (Å²) in [6, 6.07) is 7.69. The molecular weight excluding hydrogens is 234 g/mol.